The average Bonchev–Trinajstić information content (AvgIpc) is 3.69. The molecule has 0 unspecified atom stereocenters. The predicted octanol–water partition coefficient (Wildman–Crippen LogP) is 12.0. The van der Waals surface area contributed by atoms with E-state index in [4.69, 9.17) is 9.40 Å². The Balaban J connectivity index is 1.37. The number of hydrogen-bond acceptors (Lipinski definition) is 3. The smallest absolute Gasteiger partial charge is 0.149 e. The third-order valence-corrected chi connectivity index (χ3v) is 9.39. The van der Waals surface area contributed by atoms with Crippen LogP contribution in [0.25, 0.3) is 72.3 Å². The van der Waals surface area contributed by atoms with Gasteiger partial charge in [-0.1, -0.05) is 107 Å². The van der Waals surface area contributed by atoms with Crippen molar-refractivity contribution in [3.63, 3.8) is 0 Å². The molecule has 2 aromatic heterocycles. The fourth-order valence-electron chi connectivity index (χ4n) is 6.95. The maximum atomic E-state index is 9.54. The van der Waals surface area contributed by atoms with Crippen LogP contribution < -0.4 is 0 Å². The van der Waals surface area contributed by atoms with E-state index in [1.54, 1.807) is 0 Å². The van der Waals surface area contributed by atoms with E-state index in [1.165, 1.54) is 39.1 Å². The minimum Gasteiger partial charge on any atom is -0.455 e. The average molecular weight is 622 g/mol. The van der Waals surface area contributed by atoms with Crippen molar-refractivity contribution in [2.24, 2.45) is 0 Å². The Hall–Kier alpha value is -5.92. The van der Waals surface area contributed by atoms with E-state index in [0.717, 1.165) is 38.8 Å². The van der Waals surface area contributed by atoms with Gasteiger partial charge in [-0.15, -0.1) is 0 Å². The maximum absolute atomic E-state index is 9.54. The fraction of sp³-hybridized carbons (Fsp3) is 0.136. The van der Waals surface area contributed by atoms with Crippen LogP contribution in [0.1, 0.15) is 56.2 Å². The van der Waals surface area contributed by atoms with Crippen molar-refractivity contribution in [1.82, 2.24) is 9.55 Å². The van der Waals surface area contributed by atoms with Gasteiger partial charge in [-0.05, 0) is 93.7 Å². The van der Waals surface area contributed by atoms with Gasteiger partial charge in [0.2, 0.25) is 0 Å². The second-order valence-electron chi connectivity index (χ2n) is 13.1. The molecule has 0 N–H and O–H groups in total. The van der Waals surface area contributed by atoms with E-state index >= 15 is 0 Å². The molecule has 0 fully saturated rings. The summed E-state index contributed by atoms with van der Waals surface area (Å²) in [5.74, 6) is 1.34. The van der Waals surface area contributed by atoms with Gasteiger partial charge in [0, 0.05) is 10.8 Å². The predicted molar refractivity (Wildman–Crippen MR) is 198 cm³/mol. The zero-order valence-corrected chi connectivity index (χ0v) is 27.5. The highest BCUT2D eigenvalue weighted by Gasteiger charge is 2.25. The summed E-state index contributed by atoms with van der Waals surface area (Å²) in [6.45, 7) is 9.10. The molecule has 8 rings (SSSR count). The first-order chi connectivity index (χ1) is 23.4. The van der Waals surface area contributed by atoms with Crippen LogP contribution in [0.4, 0.5) is 0 Å². The molecule has 0 saturated carbocycles. The normalized spacial score (nSPS) is 11.7. The summed E-state index contributed by atoms with van der Waals surface area (Å²) in [4.78, 5) is 5.28. The van der Waals surface area contributed by atoms with E-state index < -0.39 is 0 Å². The topological polar surface area (TPSA) is 54.8 Å². The SMILES string of the molecule is CC(C)c1cc(-c2ccc(-c3ccccc3)cc2)cc(C(C)C)c1-n1c(-c2cccc3c2oc2cc(C#N)ccc23)nc2ccccc21. The Morgan fingerprint density at radius 3 is 1.96 bits per heavy atom. The molecule has 0 spiro atoms. The number of para-hydroxylation sites is 3. The highest BCUT2D eigenvalue weighted by atomic mass is 16.3. The monoisotopic (exact) mass is 621 g/mol. The van der Waals surface area contributed by atoms with E-state index in [0.29, 0.717) is 11.1 Å². The molecule has 4 nitrogen and oxygen atoms in total. The summed E-state index contributed by atoms with van der Waals surface area (Å²) in [6, 6.07) is 46.7. The molecule has 0 aliphatic carbocycles. The summed E-state index contributed by atoms with van der Waals surface area (Å²) >= 11 is 0. The second-order valence-corrected chi connectivity index (χ2v) is 13.1. The van der Waals surface area contributed by atoms with Crippen molar-refractivity contribution in [2.45, 2.75) is 39.5 Å². The fourth-order valence-corrected chi connectivity index (χ4v) is 6.95. The van der Waals surface area contributed by atoms with Crippen LogP contribution in [0.15, 0.2) is 132 Å². The third-order valence-electron chi connectivity index (χ3n) is 9.39. The lowest BCUT2D eigenvalue weighted by molar-refractivity contribution is 0.669. The molecule has 232 valence electrons. The van der Waals surface area contributed by atoms with Crippen LogP contribution in [0.2, 0.25) is 0 Å². The van der Waals surface area contributed by atoms with Crippen molar-refractivity contribution in [3.05, 3.63) is 144 Å². The minimum atomic E-state index is 0.251. The van der Waals surface area contributed by atoms with Gasteiger partial charge in [0.1, 0.15) is 17.0 Å². The standard InChI is InChI=1S/C44H35N3O/c1-27(2)37-24-33(32-20-18-31(19-21-32)30-11-6-5-7-12-30)25-38(28(3)4)42(37)47-40-16-9-8-15-39(40)46-44(47)36-14-10-13-35-34-22-17-29(26-45)23-41(34)48-43(35)36/h5-25,27-28H,1-4H3. The zero-order chi connectivity index (χ0) is 32.9. The first-order valence-electron chi connectivity index (χ1n) is 16.6. The highest BCUT2D eigenvalue weighted by Crippen LogP contribution is 2.42. The molecular weight excluding hydrogens is 587 g/mol. The first-order valence-corrected chi connectivity index (χ1v) is 16.6. The van der Waals surface area contributed by atoms with Gasteiger partial charge in [-0.3, -0.25) is 4.57 Å². The largest absolute Gasteiger partial charge is 0.455 e. The number of nitriles is 1. The number of aromatic nitrogens is 2. The number of benzene rings is 6. The Labute approximate surface area is 280 Å². The van der Waals surface area contributed by atoms with Crippen molar-refractivity contribution >= 4 is 33.0 Å². The molecule has 0 amide bonds. The lowest BCUT2D eigenvalue weighted by Gasteiger charge is -2.24. The minimum absolute atomic E-state index is 0.251. The molecule has 0 radical (unpaired) electrons. The summed E-state index contributed by atoms with van der Waals surface area (Å²) in [5, 5.41) is 11.5. The van der Waals surface area contributed by atoms with Crippen LogP contribution >= 0.6 is 0 Å². The quantitative estimate of drug-likeness (QED) is 0.186. The zero-order valence-electron chi connectivity index (χ0n) is 27.5. The Morgan fingerprint density at radius 2 is 1.27 bits per heavy atom. The van der Waals surface area contributed by atoms with E-state index in [2.05, 4.69) is 141 Å². The molecule has 48 heavy (non-hydrogen) atoms. The van der Waals surface area contributed by atoms with E-state index in [-0.39, 0.29) is 11.8 Å². The third kappa shape index (κ3) is 4.87. The molecule has 8 aromatic rings. The van der Waals surface area contributed by atoms with Crippen molar-refractivity contribution in [1.29, 1.82) is 5.26 Å². The van der Waals surface area contributed by atoms with Crippen molar-refractivity contribution < 1.29 is 4.42 Å². The molecule has 0 aliphatic heterocycles. The lowest BCUT2D eigenvalue weighted by atomic mass is 9.87. The van der Waals surface area contributed by atoms with Gasteiger partial charge in [-0.2, -0.15) is 5.26 Å². The van der Waals surface area contributed by atoms with Gasteiger partial charge >= 0.3 is 0 Å². The van der Waals surface area contributed by atoms with Crippen LogP contribution in [-0.4, -0.2) is 9.55 Å². The number of fused-ring (bicyclic) bond motifs is 4. The van der Waals surface area contributed by atoms with Crippen LogP contribution in [0.3, 0.4) is 0 Å². The number of imidazole rings is 1. The molecule has 0 bridgehead atoms. The van der Waals surface area contributed by atoms with Gasteiger partial charge in [0.05, 0.1) is 33.9 Å². The van der Waals surface area contributed by atoms with Gasteiger partial charge in [0.15, 0.2) is 0 Å². The van der Waals surface area contributed by atoms with Gasteiger partial charge < -0.3 is 4.42 Å². The lowest BCUT2D eigenvalue weighted by Crippen LogP contribution is -2.09. The summed E-state index contributed by atoms with van der Waals surface area (Å²) < 4.78 is 8.89. The Kier molecular flexibility index (Phi) is 7.19. The van der Waals surface area contributed by atoms with E-state index in [1.807, 2.05) is 24.3 Å². The first kappa shape index (κ1) is 29.5. The van der Waals surface area contributed by atoms with E-state index in [9.17, 15) is 5.26 Å². The molecule has 2 heterocycles. The Morgan fingerprint density at radius 1 is 0.625 bits per heavy atom. The molecule has 4 heteroatoms. The summed E-state index contributed by atoms with van der Waals surface area (Å²) in [5.41, 5.74) is 13.5. The van der Waals surface area contributed by atoms with Crippen LogP contribution in [-0.2, 0) is 0 Å². The van der Waals surface area contributed by atoms with Crippen LogP contribution in [0, 0.1) is 11.3 Å². The summed E-state index contributed by atoms with van der Waals surface area (Å²) in [7, 11) is 0. The van der Waals surface area contributed by atoms with Gasteiger partial charge in [0.25, 0.3) is 0 Å². The van der Waals surface area contributed by atoms with Crippen LogP contribution in [0.5, 0.6) is 0 Å². The van der Waals surface area contributed by atoms with Crippen molar-refractivity contribution in [2.75, 3.05) is 0 Å². The molecular formula is C44H35N3O. The highest BCUT2D eigenvalue weighted by molar-refractivity contribution is 6.09. The second kappa shape index (κ2) is 11.7. The molecule has 0 aliphatic rings. The number of rotatable bonds is 6. The molecule has 0 atom stereocenters. The maximum Gasteiger partial charge on any atom is 0.149 e. The Bertz CT molecular complexity index is 2480. The van der Waals surface area contributed by atoms with Gasteiger partial charge in [-0.25, -0.2) is 4.98 Å². The number of hydrogen-bond donors (Lipinski definition) is 0. The number of nitrogens with zero attached hydrogens (tertiary/aromatic N) is 3. The summed E-state index contributed by atoms with van der Waals surface area (Å²) in [6.07, 6.45) is 0. The molecule has 6 aromatic carbocycles. The molecule has 0 saturated heterocycles. The number of furan rings is 1. The van der Waals surface area contributed by atoms with Crippen molar-refractivity contribution in [3.8, 4) is 45.4 Å².